The van der Waals surface area contributed by atoms with Crippen LogP contribution in [0.5, 0.6) is 0 Å². The number of benzene rings is 3. The fraction of sp³-hybridized carbons (Fsp3) is 0.231. The molecule has 6 rings (SSSR count). The third-order valence-electron chi connectivity index (χ3n) is 8.80. The molecule has 0 atom stereocenters. The highest BCUT2D eigenvalue weighted by Crippen LogP contribution is 2.35. The second-order valence-corrected chi connectivity index (χ2v) is 12.7. The number of imidazole rings is 2. The predicted octanol–water partition coefficient (Wildman–Crippen LogP) is 3.81. The summed E-state index contributed by atoms with van der Waals surface area (Å²) in [5.41, 5.74) is 2.01. The Morgan fingerprint density at radius 2 is 1.38 bits per heavy atom. The van der Waals surface area contributed by atoms with Crippen LogP contribution in [0.3, 0.4) is 0 Å². The first-order chi connectivity index (χ1) is 27.1. The van der Waals surface area contributed by atoms with E-state index < -0.39 is 41.9 Å². The van der Waals surface area contributed by atoms with Crippen LogP contribution in [-0.4, -0.2) is 67.6 Å². The molecule has 3 heterocycles. The second-order valence-electron chi connectivity index (χ2n) is 12.7. The van der Waals surface area contributed by atoms with E-state index in [4.69, 9.17) is 9.47 Å². The fourth-order valence-electron chi connectivity index (χ4n) is 5.85. The van der Waals surface area contributed by atoms with Gasteiger partial charge in [0.15, 0.2) is 6.04 Å². The summed E-state index contributed by atoms with van der Waals surface area (Å²) in [4.78, 5) is 89.9. The summed E-state index contributed by atoms with van der Waals surface area (Å²) in [6.07, 6.45) is 6.09. The minimum absolute atomic E-state index is 0.0284. The number of alkyl carbamates (subject to hydrolysis) is 1. The van der Waals surface area contributed by atoms with Gasteiger partial charge in [-0.05, 0) is 48.4 Å². The number of amides is 5. The summed E-state index contributed by atoms with van der Waals surface area (Å²) < 4.78 is 13.6. The van der Waals surface area contributed by atoms with Crippen molar-refractivity contribution in [1.29, 1.82) is 0 Å². The average Bonchev–Trinajstić information content (AvgIpc) is 3.79. The number of hydrogen-bond acceptors (Lipinski definition) is 10. The van der Waals surface area contributed by atoms with Gasteiger partial charge in [-0.3, -0.25) is 14.4 Å². The van der Waals surface area contributed by atoms with Crippen LogP contribution in [0.1, 0.15) is 40.4 Å². The first-order valence-corrected chi connectivity index (χ1v) is 17.6. The van der Waals surface area contributed by atoms with Crippen LogP contribution in [-0.2, 0) is 57.6 Å². The Morgan fingerprint density at radius 3 is 1.96 bits per heavy atom. The molecule has 0 bridgehead atoms. The van der Waals surface area contributed by atoms with Gasteiger partial charge in [0.05, 0.1) is 30.0 Å². The lowest BCUT2D eigenvalue weighted by Crippen LogP contribution is -2.56. The summed E-state index contributed by atoms with van der Waals surface area (Å²) in [5, 5.41) is 7.78. The van der Waals surface area contributed by atoms with Gasteiger partial charge in [0.1, 0.15) is 18.3 Å². The number of urea groups is 1. The van der Waals surface area contributed by atoms with Gasteiger partial charge in [0.25, 0.3) is 11.8 Å². The number of carbonyl (C=O) groups excluding carboxylic acids is 6. The average molecular weight is 762 g/mol. The van der Waals surface area contributed by atoms with Gasteiger partial charge < -0.3 is 44.4 Å². The number of para-hydroxylation sites is 2. The SMILES string of the molecule is Cn1ccnc1CN1C(=O)C(NC(=O)Nc2cccc(COC(=O)NCCCC(=O)OC(=O)c3ccccc3)c2)C(=O)N(Cc2nccn2C)c2ccccc21. The Morgan fingerprint density at radius 1 is 0.768 bits per heavy atom. The number of aryl methyl sites for hydroxylation is 2. The summed E-state index contributed by atoms with van der Waals surface area (Å²) in [6.45, 7) is -0.00286. The van der Waals surface area contributed by atoms with E-state index in [1.807, 2.05) is 0 Å². The molecular weight excluding hydrogens is 722 g/mol. The number of ether oxygens (including phenoxy) is 2. The molecule has 5 aromatic rings. The van der Waals surface area contributed by atoms with Crippen LogP contribution in [0.25, 0.3) is 0 Å². The molecule has 0 aliphatic carbocycles. The fourth-order valence-corrected chi connectivity index (χ4v) is 5.85. The van der Waals surface area contributed by atoms with Gasteiger partial charge >= 0.3 is 24.1 Å². The number of aromatic nitrogens is 4. The predicted molar refractivity (Wildman–Crippen MR) is 202 cm³/mol. The molecule has 288 valence electrons. The van der Waals surface area contributed by atoms with E-state index in [1.54, 1.807) is 115 Å². The number of fused-ring (bicyclic) bond motifs is 1. The van der Waals surface area contributed by atoms with Crippen molar-refractivity contribution >= 4 is 52.9 Å². The Hall–Kier alpha value is -7.30. The topological polar surface area (TPSA) is 199 Å². The van der Waals surface area contributed by atoms with Crippen LogP contribution in [0, 0.1) is 0 Å². The number of nitrogens with zero attached hydrogens (tertiary/aromatic N) is 6. The van der Waals surface area contributed by atoms with Crippen molar-refractivity contribution in [3.8, 4) is 0 Å². The summed E-state index contributed by atoms with van der Waals surface area (Å²) in [5.74, 6) is -1.66. The molecule has 1 aliphatic heterocycles. The summed E-state index contributed by atoms with van der Waals surface area (Å²) in [7, 11) is 3.59. The van der Waals surface area contributed by atoms with Crippen molar-refractivity contribution in [2.24, 2.45) is 14.1 Å². The molecular formula is C39H39N9O8. The van der Waals surface area contributed by atoms with Crippen LogP contribution < -0.4 is 25.8 Å². The van der Waals surface area contributed by atoms with Gasteiger partial charge in [-0.1, -0.05) is 42.5 Å². The first-order valence-electron chi connectivity index (χ1n) is 17.6. The van der Waals surface area contributed by atoms with Crippen LogP contribution in [0.2, 0.25) is 0 Å². The minimum Gasteiger partial charge on any atom is -0.445 e. The molecule has 17 nitrogen and oxygen atoms in total. The number of hydrogen-bond donors (Lipinski definition) is 3. The lowest BCUT2D eigenvalue weighted by molar-refractivity contribution is -0.138. The second kappa shape index (κ2) is 17.7. The Bertz CT molecular complexity index is 2150. The Labute approximate surface area is 321 Å². The third kappa shape index (κ3) is 9.43. The summed E-state index contributed by atoms with van der Waals surface area (Å²) in [6, 6.07) is 19.1. The minimum atomic E-state index is -1.62. The van der Waals surface area contributed by atoms with E-state index in [0.717, 1.165) is 0 Å². The first kappa shape index (κ1) is 38.4. The highest BCUT2D eigenvalue weighted by atomic mass is 16.6. The van der Waals surface area contributed by atoms with Crippen LogP contribution >= 0.6 is 0 Å². The van der Waals surface area contributed by atoms with Crippen LogP contribution in [0.15, 0.2) is 104 Å². The molecule has 2 aromatic heterocycles. The van der Waals surface area contributed by atoms with E-state index in [9.17, 15) is 28.8 Å². The molecule has 0 saturated carbocycles. The number of anilines is 3. The molecule has 56 heavy (non-hydrogen) atoms. The Balaban J connectivity index is 1.06. The van der Waals surface area contributed by atoms with Gasteiger partial charge in [-0.15, -0.1) is 0 Å². The van der Waals surface area contributed by atoms with Crippen molar-refractivity contribution in [3.05, 3.63) is 126 Å². The third-order valence-corrected chi connectivity index (χ3v) is 8.80. The van der Waals surface area contributed by atoms with E-state index in [1.165, 1.54) is 21.9 Å². The molecule has 3 aromatic carbocycles. The lowest BCUT2D eigenvalue weighted by Gasteiger charge is -2.25. The molecule has 0 fully saturated rings. The molecule has 0 spiro atoms. The van der Waals surface area contributed by atoms with E-state index in [2.05, 4.69) is 25.9 Å². The smallest absolute Gasteiger partial charge is 0.407 e. The van der Waals surface area contributed by atoms with Crippen molar-refractivity contribution in [2.75, 3.05) is 21.7 Å². The lowest BCUT2D eigenvalue weighted by atomic mass is 10.2. The summed E-state index contributed by atoms with van der Waals surface area (Å²) >= 11 is 0. The maximum absolute atomic E-state index is 14.3. The van der Waals surface area contributed by atoms with Crippen molar-refractivity contribution in [1.82, 2.24) is 29.7 Å². The van der Waals surface area contributed by atoms with Gasteiger partial charge in [-0.2, -0.15) is 0 Å². The molecule has 0 saturated heterocycles. The number of rotatable bonds is 13. The number of carbonyl (C=O) groups is 6. The monoisotopic (exact) mass is 761 g/mol. The molecule has 17 heteroatoms. The van der Waals surface area contributed by atoms with Gasteiger partial charge in [0, 0.05) is 57.5 Å². The number of esters is 2. The van der Waals surface area contributed by atoms with Crippen molar-refractivity contribution in [2.45, 2.75) is 38.6 Å². The van der Waals surface area contributed by atoms with Gasteiger partial charge in [0.2, 0.25) is 0 Å². The zero-order chi connectivity index (χ0) is 39.6. The highest BCUT2D eigenvalue weighted by Gasteiger charge is 2.42. The van der Waals surface area contributed by atoms with E-state index in [-0.39, 0.29) is 44.6 Å². The quantitative estimate of drug-likeness (QED) is 0.0901. The molecule has 0 unspecified atom stereocenters. The Kier molecular flexibility index (Phi) is 12.1. The molecule has 0 radical (unpaired) electrons. The van der Waals surface area contributed by atoms with Gasteiger partial charge in [-0.25, -0.2) is 24.4 Å². The van der Waals surface area contributed by atoms with Crippen molar-refractivity contribution in [3.63, 3.8) is 0 Å². The molecule has 3 N–H and O–H groups in total. The zero-order valence-corrected chi connectivity index (χ0v) is 30.6. The zero-order valence-electron chi connectivity index (χ0n) is 30.6. The van der Waals surface area contributed by atoms with E-state index in [0.29, 0.717) is 34.3 Å². The maximum atomic E-state index is 14.3. The highest BCUT2D eigenvalue weighted by molar-refractivity contribution is 6.21. The van der Waals surface area contributed by atoms with Crippen molar-refractivity contribution < 1.29 is 38.2 Å². The molecule has 5 amide bonds. The normalized spacial score (nSPS) is 12.8. The maximum Gasteiger partial charge on any atom is 0.407 e. The number of nitrogens with one attached hydrogen (secondary N) is 3. The molecule has 1 aliphatic rings. The van der Waals surface area contributed by atoms with Crippen LogP contribution in [0.4, 0.5) is 26.7 Å². The largest absolute Gasteiger partial charge is 0.445 e. The standard InChI is InChI=1S/C39H39N9O8/c1-45-20-18-40-31(45)23-47-29-14-6-7-15-30(29)48(24-32-41-19-21-46(32)2)36(51)34(35(47)50)44-38(53)43-28-13-8-10-26(22-28)25-55-39(54)42-17-9-16-33(49)56-37(52)27-11-4-3-5-12-27/h3-8,10-15,18-22,34H,9,16-17,23-25H2,1-2H3,(H,42,54)(H2,43,44,53). The van der Waals surface area contributed by atoms with E-state index >= 15 is 0 Å².